The molecule has 132 valence electrons. The smallest absolute Gasteiger partial charge is 0.308 e. The average Bonchev–Trinajstić information content (AvgIpc) is 2.54. The van der Waals surface area contributed by atoms with Gasteiger partial charge in [0.05, 0.1) is 17.7 Å². The first-order chi connectivity index (χ1) is 11.3. The van der Waals surface area contributed by atoms with Gasteiger partial charge in [0.2, 0.25) is 5.28 Å². The van der Waals surface area contributed by atoms with Gasteiger partial charge in [-0.2, -0.15) is 0 Å². The van der Waals surface area contributed by atoms with E-state index in [1.165, 1.54) is 0 Å². The molecular formula is C17H24ClN3O3. The summed E-state index contributed by atoms with van der Waals surface area (Å²) < 4.78 is 5.46. The Kier molecular flexibility index (Phi) is 4.71. The van der Waals surface area contributed by atoms with E-state index in [0.717, 1.165) is 36.3 Å². The highest BCUT2D eigenvalue weighted by molar-refractivity contribution is 6.28. The number of aromatic nitrogens is 2. The van der Waals surface area contributed by atoms with E-state index in [-0.39, 0.29) is 16.8 Å². The van der Waals surface area contributed by atoms with Crippen LogP contribution in [0, 0.1) is 5.92 Å². The van der Waals surface area contributed by atoms with Crippen LogP contribution < -0.4 is 4.90 Å². The van der Waals surface area contributed by atoms with E-state index < -0.39 is 11.9 Å². The minimum absolute atomic E-state index is 0.0441. The van der Waals surface area contributed by atoms with Crippen LogP contribution in [0.3, 0.4) is 0 Å². The lowest BCUT2D eigenvalue weighted by atomic mass is 9.76. The maximum Gasteiger partial charge on any atom is 0.308 e. The minimum Gasteiger partial charge on any atom is -0.481 e. The van der Waals surface area contributed by atoms with E-state index in [1.54, 1.807) is 7.11 Å². The van der Waals surface area contributed by atoms with E-state index in [2.05, 4.69) is 23.8 Å². The van der Waals surface area contributed by atoms with Crippen molar-refractivity contribution >= 4 is 23.4 Å². The Labute approximate surface area is 147 Å². The molecule has 0 aromatic carbocycles. The van der Waals surface area contributed by atoms with E-state index in [9.17, 15) is 9.90 Å². The summed E-state index contributed by atoms with van der Waals surface area (Å²) in [6, 6.07) is 0. The van der Waals surface area contributed by atoms with Gasteiger partial charge in [0.1, 0.15) is 5.82 Å². The monoisotopic (exact) mass is 353 g/mol. The molecule has 1 N–H and O–H groups in total. The van der Waals surface area contributed by atoms with Crippen molar-refractivity contribution in [1.29, 1.82) is 0 Å². The Balaban J connectivity index is 2.02. The molecule has 2 atom stereocenters. The molecule has 6 nitrogen and oxygen atoms in total. The predicted molar refractivity (Wildman–Crippen MR) is 91.8 cm³/mol. The number of anilines is 1. The Hall–Kier alpha value is -1.40. The van der Waals surface area contributed by atoms with Gasteiger partial charge < -0.3 is 14.7 Å². The van der Waals surface area contributed by atoms with Crippen LogP contribution in [0.15, 0.2) is 0 Å². The van der Waals surface area contributed by atoms with Gasteiger partial charge in [0.25, 0.3) is 0 Å². The van der Waals surface area contributed by atoms with Gasteiger partial charge in [0.15, 0.2) is 0 Å². The fraction of sp³-hybridized carbons (Fsp3) is 0.706. The predicted octanol–water partition coefficient (Wildman–Crippen LogP) is 2.67. The lowest BCUT2D eigenvalue weighted by Crippen LogP contribution is -2.47. The Bertz CT molecular complexity index is 650. The number of nitrogens with zero attached hydrogens (tertiary/aromatic N) is 3. The molecule has 7 heteroatoms. The van der Waals surface area contributed by atoms with Crippen LogP contribution in [0.1, 0.15) is 44.4 Å². The van der Waals surface area contributed by atoms with Crippen LogP contribution in [0.2, 0.25) is 5.28 Å². The summed E-state index contributed by atoms with van der Waals surface area (Å²) in [5, 5.41) is 9.68. The number of piperidine rings is 1. The van der Waals surface area contributed by atoms with Crippen molar-refractivity contribution in [2.75, 3.05) is 25.1 Å². The largest absolute Gasteiger partial charge is 0.481 e. The zero-order valence-electron chi connectivity index (χ0n) is 14.4. The number of aliphatic carboxylic acids is 1. The van der Waals surface area contributed by atoms with Crippen molar-refractivity contribution in [3.05, 3.63) is 16.5 Å². The second-order valence-corrected chi connectivity index (χ2v) is 7.75. The van der Waals surface area contributed by atoms with Crippen LogP contribution in [0.4, 0.5) is 5.82 Å². The number of fused-ring (bicyclic) bond motifs is 1. The van der Waals surface area contributed by atoms with Gasteiger partial charge in [-0.15, -0.1) is 0 Å². The molecular weight excluding hydrogens is 330 g/mol. The highest BCUT2D eigenvalue weighted by Gasteiger charge is 2.37. The third kappa shape index (κ3) is 3.22. The van der Waals surface area contributed by atoms with E-state index in [0.29, 0.717) is 19.5 Å². The molecule has 2 heterocycles. The van der Waals surface area contributed by atoms with E-state index in [4.69, 9.17) is 16.3 Å². The van der Waals surface area contributed by atoms with Gasteiger partial charge in [0, 0.05) is 31.2 Å². The van der Waals surface area contributed by atoms with E-state index in [1.807, 2.05) is 4.90 Å². The van der Waals surface area contributed by atoms with Crippen molar-refractivity contribution in [3.63, 3.8) is 0 Å². The minimum atomic E-state index is -0.795. The topological polar surface area (TPSA) is 75.6 Å². The molecule has 1 aromatic heterocycles. The fourth-order valence-corrected chi connectivity index (χ4v) is 4.06. The normalized spacial score (nSPS) is 26.1. The van der Waals surface area contributed by atoms with Gasteiger partial charge in [-0.05, 0) is 37.3 Å². The number of hydrogen-bond acceptors (Lipinski definition) is 5. The molecule has 1 aliphatic carbocycles. The summed E-state index contributed by atoms with van der Waals surface area (Å²) in [4.78, 5) is 22.5. The molecule has 1 aliphatic heterocycles. The molecule has 0 saturated carbocycles. The van der Waals surface area contributed by atoms with Gasteiger partial charge in [-0.25, -0.2) is 9.97 Å². The van der Waals surface area contributed by atoms with E-state index >= 15 is 0 Å². The molecule has 1 aromatic rings. The van der Waals surface area contributed by atoms with Crippen molar-refractivity contribution in [3.8, 4) is 0 Å². The second kappa shape index (κ2) is 6.48. The molecule has 2 unspecified atom stereocenters. The molecule has 0 amide bonds. The number of rotatable bonds is 3. The number of ether oxygens (including phenoxy) is 1. The van der Waals surface area contributed by atoms with Gasteiger partial charge >= 0.3 is 5.97 Å². The summed E-state index contributed by atoms with van der Waals surface area (Å²) in [5.41, 5.74) is 2.06. The summed E-state index contributed by atoms with van der Waals surface area (Å²) in [6.07, 6.45) is 3.43. The number of carbonyl (C=O) groups is 1. The summed E-state index contributed by atoms with van der Waals surface area (Å²) in [5.74, 6) is -0.480. The molecule has 0 radical (unpaired) electrons. The van der Waals surface area contributed by atoms with Crippen LogP contribution >= 0.6 is 11.6 Å². The maximum absolute atomic E-state index is 11.5. The number of hydrogen-bond donors (Lipinski definition) is 1. The van der Waals surface area contributed by atoms with Crippen LogP contribution in [-0.4, -0.2) is 47.3 Å². The third-order valence-electron chi connectivity index (χ3n) is 5.22. The fourth-order valence-electron chi connectivity index (χ4n) is 3.90. The quantitative estimate of drug-likeness (QED) is 0.842. The highest BCUT2D eigenvalue weighted by Crippen LogP contribution is 2.40. The van der Waals surface area contributed by atoms with Crippen molar-refractivity contribution < 1.29 is 14.6 Å². The van der Waals surface area contributed by atoms with Crippen LogP contribution in [0.5, 0.6) is 0 Å². The SMILES string of the molecule is COC1CC(C(=O)O)CN(c2nc(Cl)nc3c2CCCC3(C)C)C1. The first-order valence-corrected chi connectivity index (χ1v) is 8.77. The molecule has 0 bridgehead atoms. The first kappa shape index (κ1) is 17.4. The summed E-state index contributed by atoms with van der Waals surface area (Å²) in [6.45, 7) is 5.40. The molecule has 2 aliphatic rings. The van der Waals surface area contributed by atoms with Crippen molar-refractivity contribution in [1.82, 2.24) is 9.97 Å². The number of carboxylic acid groups (broad SMARTS) is 1. The maximum atomic E-state index is 11.5. The van der Waals surface area contributed by atoms with Gasteiger partial charge in [-0.1, -0.05) is 13.8 Å². The van der Waals surface area contributed by atoms with Crippen LogP contribution in [-0.2, 0) is 21.4 Å². The third-order valence-corrected chi connectivity index (χ3v) is 5.39. The Morgan fingerprint density at radius 3 is 2.79 bits per heavy atom. The zero-order chi connectivity index (χ0) is 17.5. The zero-order valence-corrected chi connectivity index (χ0v) is 15.1. The van der Waals surface area contributed by atoms with Crippen LogP contribution in [0.25, 0.3) is 0 Å². The van der Waals surface area contributed by atoms with Gasteiger partial charge in [-0.3, -0.25) is 4.79 Å². The molecule has 3 rings (SSSR count). The molecule has 1 fully saturated rings. The lowest BCUT2D eigenvalue weighted by molar-refractivity contribution is -0.143. The highest BCUT2D eigenvalue weighted by atomic mass is 35.5. The summed E-state index contributed by atoms with van der Waals surface area (Å²) in [7, 11) is 1.62. The lowest BCUT2D eigenvalue weighted by Gasteiger charge is -2.39. The van der Waals surface area contributed by atoms with Crippen molar-refractivity contribution in [2.24, 2.45) is 5.92 Å². The standard InChI is InChI=1S/C17H24ClN3O3/c1-17(2)6-4-5-12-13(17)19-16(18)20-14(12)21-8-10(15(22)23)7-11(9-21)24-3/h10-11H,4-9H2,1-3H3,(H,22,23). The number of carboxylic acids is 1. The van der Waals surface area contributed by atoms with Crippen molar-refractivity contribution in [2.45, 2.75) is 51.0 Å². The Morgan fingerprint density at radius 1 is 1.38 bits per heavy atom. The number of methoxy groups -OCH3 is 1. The number of halogens is 1. The first-order valence-electron chi connectivity index (χ1n) is 8.39. The molecule has 24 heavy (non-hydrogen) atoms. The molecule has 0 spiro atoms. The second-order valence-electron chi connectivity index (χ2n) is 7.41. The molecule has 1 saturated heterocycles. The summed E-state index contributed by atoms with van der Waals surface area (Å²) >= 11 is 6.20. The average molecular weight is 354 g/mol. The Morgan fingerprint density at radius 2 is 2.12 bits per heavy atom.